The molecule has 1 aromatic heterocycles. The van der Waals surface area contributed by atoms with Gasteiger partial charge in [0.15, 0.2) is 0 Å². The fourth-order valence-electron chi connectivity index (χ4n) is 4.16. The zero-order valence-corrected chi connectivity index (χ0v) is 19.7. The van der Waals surface area contributed by atoms with Gasteiger partial charge in [0.1, 0.15) is 11.4 Å². The molecule has 1 aliphatic rings. The number of rotatable bonds is 5. The lowest BCUT2D eigenvalue weighted by atomic mass is 9.95. The molecule has 3 aromatic carbocycles. The maximum absolute atomic E-state index is 13.5. The summed E-state index contributed by atoms with van der Waals surface area (Å²) in [5, 5.41) is 9.10. The third-order valence-corrected chi connectivity index (χ3v) is 6.56. The van der Waals surface area contributed by atoms with E-state index in [0.717, 1.165) is 28.0 Å². The van der Waals surface area contributed by atoms with Gasteiger partial charge in [-0.3, -0.25) is 9.89 Å². The van der Waals surface area contributed by atoms with Gasteiger partial charge in [0.2, 0.25) is 0 Å². The summed E-state index contributed by atoms with van der Waals surface area (Å²) in [5.74, 6) is 0.590. The summed E-state index contributed by atoms with van der Waals surface area (Å²) in [6.45, 7) is 0.379. The Morgan fingerprint density at radius 3 is 2.33 bits per heavy atom. The molecule has 0 fully saturated rings. The Balaban J connectivity index is 1.64. The monoisotopic (exact) mass is 497 g/mol. The first-order valence-electron chi connectivity index (χ1n) is 10.2. The van der Waals surface area contributed by atoms with E-state index in [4.69, 9.17) is 39.5 Å². The van der Waals surface area contributed by atoms with Crippen molar-refractivity contribution in [2.24, 2.45) is 0 Å². The van der Waals surface area contributed by atoms with Crippen LogP contribution in [0.5, 0.6) is 5.75 Å². The van der Waals surface area contributed by atoms with Crippen LogP contribution in [0.25, 0.3) is 11.3 Å². The van der Waals surface area contributed by atoms with Crippen LogP contribution in [0.2, 0.25) is 15.1 Å². The molecule has 0 aliphatic carbocycles. The molecule has 0 saturated heterocycles. The number of aromatic nitrogens is 2. The van der Waals surface area contributed by atoms with Crippen LogP contribution in [0.3, 0.4) is 0 Å². The maximum atomic E-state index is 13.5. The highest BCUT2D eigenvalue weighted by Gasteiger charge is 2.43. The molecule has 5 rings (SSSR count). The number of hydrogen-bond donors (Lipinski definition) is 1. The first-order valence-corrected chi connectivity index (χ1v) is 11.3. The van der Waals surface area contributed by atoms with Crippen LogP contribution in [0.15, 0.2) is 66.7 Å². The SMILES string of the molecule is COc1ccc(-c2n[nH]c3c2C(c2ccc(Cl)cc2Cl)N(Cc2ccc(Cl)cc2)C3=O)cc1. The molecule has 1 amide bonds. The molecule has 166 valence electrons. The third kappa shape index (κ3) is 3.97. The van der Waals surface area contributed by atoms with E-state index in [-0.39, 0.29) is 5.91 Å². The van der Waals surface area contributed by atoms with Crippen molar-refractivity contribution in [1.82, 2.24) is 15.1 Å². The zero-order chi connectivity index (χ0) is 23.1. The molecular formula is C25H18Cl3N3O2. The molecule has 0 spiro atoms. The fourth-order valence-corrected chi connectivity index (χ4v) is 4.80. The van der Waals surface area contributed by atoms with Crippen molar-refractivity contribution >= 4 is 40.7 Å². The molecule has 1 unspecified atom stereocenters. The number of fused-ring (bicyclic) bond motifs is 1. The summed E-state index contributed by atoms with van der Waals surface area (Å²) in [7, 11) is 1.62. The van der Waals surface area contributed by atoms with Crippen molar-refractivity contribution < 1.29 is 9.53 Å². The lowest BCUT2D eigenvalue weighted by Crippen LogP contribution is -2.29. The highest BCUT2D eigenvalue weighted by atomic mass is 35.5. The molecule has 33 heavy (non-hydrogen) atoms. The number of ether oxygens (including phenoxy) is 1. The van der Waals surface area contributed by atoms with E-state index in [2.05, 4.69) is 10.2 Å². The number of carbonyl (C=O) groups excluding carboxylic acids is 1. The average Bonchev–Trinajstić information content (AvgIpc) is 3.35. The zero-order valence-electron chi connectivity index (χ0n) is 17.5. The summed E-state index contributed by atoms with van der Waals surface area (Å²) in [5.41, 5.74) is 4.51. The number of nitrogens with zero attached hydrogens (tertiary/aromatic N) is 2. The lowest BCUT2D eigenvalue weighted by Gasteiger charge is -2.27. The molecule has 0 bridgehead atoms. The first-order chi connectivity index (χ1) is 16.0. The van der Waals surface area contributed by atoms with Crippen LogP contribution < -0.4 is 4.74 Å². The second-order valence-corrected chi connectivity index (χ2v) is 9.00. The van der Waals surface area contributed by atoms with Crippen molar-refractivity contribution in [3.63, 3.8) is 0 Å². The van der Waals surface area contributed by atoms with Crippen LogP contribution in [-0.2, 0) is 6.54 Å². The normalized spacial score (nSPS) is 15.1. The van der Waals surface area contributed by atoms with Crippen molar-refractivity contribution in [2.45, 2.75) is 12.6 Å². The first kappa shape index (κ1) is 21.8. The average molecular weight is 499 g/mol. The Kier molecular flexibility index (Phi) is 5.79. The van der Waals surface area contributed by atoms with E-state index in [1.807, 2.05) is 54.6 Å². The van der Waals surface area contributed by atoms with Gasteiger partial charge in [0.25, 0.3) is 5.91 Å². The van der Waals surface area contributed by atoms with Gasteiger partial charge in [-0.25, -0.2) is 0 Å². The second-order valence-electron chi connectivity index (χ2n) is 7.72. The molecule has 0 radical (unpaired) electrons. The number of aromatic amines is 1. The number of amides is 1. The van der Waals surface area contributed by atoms with Gasteiger partial charge < -0.3 is 9.64 Å². The van der Waals surface area contributed by atoms with Gasteiger partial charge in [0.05, 0.1) is 18.8 Å². The number of nitrogens with one attached hydrogen (secondary N) is 1. The van der Waals surface area contributed by atoms with E-state index in [1.165, 1.54) is 0 Å². The number of hydrogen-bond acceptors (Lipinski definition) is 3. The van der Waals surface area contributed by atoms with E-state index < -0.39 is 6.04 Å². The molecule has 1 atom stereocenters. The smallest absolute Gasteiger partial charge is 0.273 e. The number of carbonyl (C=O) groups is 1. The van der Waals surface area contributed by atoms with Gasteiger partial charge in [-0.1, -0.05) is 53.0 Å². The van der Waals surface area contributed by atoms with E-state index >= 15 is 0 Å². The summed E-state index contributed by atoms with van der Waals surface area (Å²) in [6, 6.07) is 19.9. The number of halogens is 3. The molecule has 8 heteroatoms. The topological polar surface area (TPSA) is 58.2 Å². The standard InChI is InChI=1S/C25H18Cl3N3O2/c1-33-18-9-4-15(5-10-18)22-21-23(30-29-22)25(32)31(13-14-2-6-16(26)7-3-14)24(21)19-11-8-17(27)12-20(19)28/h2-12,24H,13H2,1H3,(H,29,30). The molecule has 5 nitrogen and oxygen atoms in total. The predicted molar refractivity (Wildman–Crippen MR) is 130 cm³/mol. The number of methoxy groups -OCH3 is 1. The van der Waals surface area contributed by atoms with Crippen molar-refractivity contribution in [2.75, 3.05) is 7.11 Å². The molecule has 2 heterocycles. The Morgan fingerprint density at radius 2 is 1.67 bits per heavy atom. The van der Waals surface area contributed by atoms with Crippen LogP contribution in [0.4, 0.5) is 0 Å². The molecule has 1 N–H and O–H groups in total. The molecular weight excluding hydrogens is 481 g/mol. The van der Waals surface area contributed by atoms with Crippen molar-refractivity contribution in [3.8, 4) is 17.0 Å². The fraction of sp³-hybridized carbons (Fsp3) is 0.120. The molecule has 1 aliphatic heterocycles. The minimum atomic E-state index is -0.441. The summed E-state index contributed by atoms with van der Waals surface area (Å²) in [4.78, 5) is 15.3. The Morgan fingerprint density at radius 1 is 0.970 bits per heavy atom. The van der Waals surface area contributed by atoms with Crippen LogP contribution in [0, 0.1) is 0 Å². The van der Waals surface area contributed by atoms with Gasteiger partial charge in [-0.05, 0) is 59.7 Å². The number of H-pyrrole nitrogens is 1. The van der Waals surface area contributed by atoms with Gasteiger partial charge in [-0.15, -0.1) is 0 Å². The van der Waals surface area contributed by atoms with E-state index in [9.17, 15) is 4.79 Å². The Labute approximate surface area is 205 Å². The second kappa shape index (κ2) is 8.75. The van der Waals surface area contributed by atoms with Gasteiger partial charge in [0, 0.05) is 32.7 Å². The van der Waals surface area contributed by atoms with E-state index in [0.29, 0.717) is 33.0 Å². The van der Waals surface area contributed by atoms with E-state index in [1.54, 1.807) is 24.1 Å². The molecule has 0 saturated carbocycles. The third-order valence-electron chi connectivity index (χ3n) is 5.75. The van der Waals surface area contributed by atoms with Gasteiger partial charge in [-0.2, -0.15) is 5.10 Å². The lowest BCUT2D eigenvalue weighted by molar-refractivity contribution is 0.0730. The van der Waals surface area contributed by atoms with Crippen LogP contribution >= 0.6 is 34.8 Å². The van der Waals surface area contributed by atoms with Crippen molar-refractivity contribution in [3.05, 3.63) is 104 Å². The minimum Gasteiger partial charge on any atom is -0.497 e. The highest BCUT2D eigenvalue weighted by molar-refractivity contribution is 6.35. The quantitative estimate of drug-likeness (QED) is 0.329. The van der Waals surface area contributed by atoms with Crippen LogP contribution in [0.1, 0.15) is 33.2 Å². The maximum Gasteiger partial charge on any atom is 0.273 e. The Bertz CT molecular complexity index is 1330. The highest BCUT2D eigenvalue weighted by Crippen LogP contribution is 2.45. The summed E-state index contributed by atoms with van der Waals surface area (Å²) < 4.78 is 5.28. The number of benzene rings is 3. The predicted octanol–water partition coefficient (Wildman–Crippen LogP) is 6.79. The molecule has 4 aromatic rings. The minimum absolute atomic E-state index is 0.150. The van der Waals surface area contributed by atoms with Crippen molar-refractivity contribution in [1.29, 1.82) is 0 Å². The van der Waals surface area contributed by atoms with Gasteiger partial charge >= 0.3 is 0 Å². The summed E-state index contributed by atoms with van der Waals surface area (Å²) >= 11 is 18.8. The van der Waals surface area contributed by atoms with Crippen LogP contribution in [-0.4, -0.2) is 28.1 Å². The largest absolute Gasteiger partial charge is 0.497 e. The summed E-state index contributed by atoms with van der Waals surface area (Å²) in [6.07, 6.45) is 0. The Hall–Kier alpha value is -2.99.